The van der Waals surface area contributed by atoms with Gasteiger partial charge >= 0.3 is 0 Å². The van der Waals surface area contributed by atoms with Gasteiger partial charge in [0.1, 0.15) is 11.9 Å². The molecule has 1 saturated carbocycles. The average Bonchev–Trinajstić information content (AvgIpc) is 2.98. The minimum Gasteiger partial charge on any atom is -0.395 e. The molecule has 0 saturated heterocycles. The normalized spacial score (nSPS) is 16.3. The van der Waals surface area contributed by atoms with Crippen molar-refractivity contribution < 1.29 is 17.9 Å². The molecule has 1 aliphatic carbocycles. The molecular weight excluding hydrogens is 295 g/mol. The molecule has 0 unspecified atom stereocenters. The molecule has 0 aromatic heterocycles. The standard InChI is InChI=1S/C14H17FN2O3S/c15-14-6-5-13(9-11(14)10-16)21(19,20)17(7-8-18)12-3-1-2-4-12/h5-6,9,12,18H,1-4,7-8H2. The molecule has 1 aliphatic rings. The Morgan fingerprint density at radius 3 is 2.62 bits per heavy atom. The maximum Gasteiger partial charge on any atom is 0.243 e. The predicted molar refractivity (Wildman–Crippen MR) is 74.3 cm³/mol. The summed E-state index contributed by atoms with van der Waals surface area (Å²) in [4.78, 5) is -0.110. The van der Waals surface area contributed by atoms with Gasteiger partial charge in [0.2, 0.25) is 10.0 Å². The van der Waals surface area contributed by atoms with Crippen molar-refractivity contribution >= 4 is 10.0 Å². The summed E-state index contributed by atoms with van der Waals surface area (Å²) < 4.78 is 40.0. The number of aliphatic hydroxyl groups is 1. The molecule has 0 aliphatic heterocycles. The number of halogens is 1. The van der Waals surface area contributed by atoms with Gasteiger partial charge in [-0.05, 0) is 31.0 Å². The Labute approximate surface area is 123 Å². The number of sulfonamides is 1. The van der Waals surface area contributed by atoms with Crippen LogP contribution in [0.25, 0.3) is 0 Å². The van der Waals surface area contributed by atoms with E-state index in [9.17, 15) is 12.8 Å². The molecule has 1 fully saturated rings. The minimum absolute atomic E-state index is 0.00621. The van der Waals surface area contributed by atoms with Crippen LogP contribution in [-0.2, 0) is 10.0 Å². The van der Waals surface area contributed by atoms with Gasteiger partial charge in [0.15, 0.2) is 0 Å². The Hall–Kier alpha value is -1.49. The van der Waals surface area contributed by atoms with E-state index in [0.29, 0.717) is 0 Å². The number of hydrogen-bond donors (Lipinski definition) is 1. The van der Waals surface area contributed by atoms with Crippen molar-refractivity contribution in [1.29, 1.82) is 5.26 Å². The second-order valence-electron chi connectivity index (χ2n) is 5.03. The highest BCUT2D eigenvalue weighted by atomic mass is 32.2. The van der Waals surface area contributed by atoms with Crippen LogP contribution in [0.3, 0.4) is 0 Å². The average molecular weight is 312 g/mol. The maximum absolute atomic E-state index is 13.3. The van der Waals surface area contributed by atoms with Gasteiger partial charge in [-0.1, -0.05) is 12.8 Å². The summed E-state index contributed by atoms with van der Waals surface area (Å²) in [6.45, 7) is -0.270. The van der Waals surface area contributed by atoms with Gasteiger partial charge in [0.05, 0.1) is 17.1 Å². The lowest BCUT2D eigenvalue weighted by Gasteiger charge is -2.27. The lowest BCUT2D eigenvalue weighted by molar-refractivity contribution is 0.226. The molecule has 0 heterocycles. The van der Waals surface area contributed by atoms with Gasteiger partial charge in [0.25, 0.3) is 0 Å². The van der Waals surface area contributed by atoms with Crippen molar-refractivity contribution in [3.63, 3.8) is 0 Å². The molecule has 0 spiro atoms. The predicted octanol–water partition coefficient (Wildman–Crippen LogP) is 1.62. The van der Waals surface area contributed by atoms with Crippen molar-refractivity contribution in [2.75, 3.05) is 13.2 Å². The van der Waals surface area contributed by atoms with Crippen LogP contribution in [0, 0.1) is 17.1 Å². The van der Waals surface area contributed by atoms with Gasteiger partial charge in [-0.2, -0.15) is 9.57 Å². The minimum atomic E-state index is -3.84. The quantitative estimate of drug-likeness (QED) is 0.896. The first kappa shape index (κ1) is 15.9. The first-order valence-corrected chi connectivity index (χ1v) is 8.27. The van der Waals surface area contributed by atoms with Gasteiger partial charge < -0.3 is 5.11 Å². The lowest BCUT2D eigenvalue weighted by atomic mass is 10.2. The summed E-state index contributed by atoms with van der Waals surface area (Å²) >= 11 is 0. The van der Waals surface area contributed by atoms with Crippen molar-refractivity contribution in [3.05, 3.63) is 29.6 Å². The van der Waals surface area contributed by atoms with E-state index >= 15 is 0 Å². The van der Waals surface area contributed by atoms with Crippen molar-refractivity contribution in [2.24, 2.45) is 0 Å². The molecule has 1 N–H and O–H groups in total. The third-order valence-electron chi connectivity index (χ3n) is 3.72. The molecule has 7 heteroatoms. The molecule has 21 heavy (non-hydrogen) atoms. The maximum atomic E-state index is 13.3. The third-order valence-corrected chi connectivity index (χ3v) is 5.67. The molecule has 1 aromatic carbocycles. The molecule has 5 nitrogen and oxygen atoms in total. The number of benzene rings is 1. The number of nitriles is 1. The fraction of sp³-hybridized carbons (Fsp3) is 0.500. The van der Waals surface area contributed by atoms with Gasteiger partial charge in [-0.3, -0.25) is 0 Å². The summed E-state index contributed by atoms with van der Waals surface area (Å²) in [6.07, 6.45) is 3.42. The lowest BCUT2D eigenvalue weighted by Crippen LogP contribution is -2.40. The number of nitrogens with zero attached hydrogens (tertiary/aromatic N) is 2. The van der Waals surface area contributed by atoms with E-state index in [1.165, 1.54) is 4.31 Å². The van der Waals surface area contributed by atoms with E-state index in [2.05, 4.69) is 0 Å². The summed E-state index contributed by atoms with van der Waals surface area (Å²) in [5.41, 5.74) is -0.300. The van der Waals surface area contributed by atoms with Gasteiger partial charge in [-0.15, -0.1) is 0 Å². The summed E-state index contributed by atoms with van der Waals surface area (Å²) in [6, 6.07) is 4.69. The van der Waals surface area contributed by atoms with Crippen molar-refractivity contribution in [2.45, 2.75) is 36.6 Å². The van der Waals surface area contributed by atoms with Crippen molar-refractivity contribution in [3.8, 4) is 6.07 Å². The molecule has 0 atom stereocenters. The van der Waals surface area contributed by atoms with Crippen LogP contribution >= 0.6 is 0 Å². The second-order valence-corrected chi connectivity index (χ2v) is 6.92. The van der Waals surface area contributed by atoms with Crippen LogP contribution in [0.5, 0.6) is 0 Å². The monoisotopic (exact) mass is 312 g/mol. The van der Waals surface area contributed by atoms with E-state index in [4.69, 9.17) is 10.4 Å². The van der Waals surface area contributed by atoms with Crippen LogP contribution in [0.15, 0.2) is 23.1 Å². The zero-order valence-electron chi connectivity index (χ0n) is 11.5. The van der Waals surface area contributed by atoms with Crippen molar-refractivity contribution in [1.82, 2.24) is 4.31 Å². The van der Waals surface area contributed by atoms with Crippen LogP contribution in [0.2, 0.25) is 0 Å². The number of rotatable bonds is 5. The Bertz CT molecular complexity index is 649. The molecular formula is C14H17FN2O3S. The van der Waals surface area contributed by atoms with E-state index in [1.807, 2.05) is 0 Å². The summed E-state index contributed by atoms with van der Waals surface area (Å²) in [5, 5.41) is 18.0. The molecule has 1 aromatic rings. The Kier molecular flexibility index (Phi) is 4.93. The second kappa shape index (κ2) is 6.52. The number of aliphatic hydroxyl groups excluding tert-OH is 1. The Morgan fingerprint density at radius 2 is 2.05 bits per heavy atom. The van der Waals surface area contributed by atoms with Crippen LogP contribution in [-0.4, -0.2) is 37.0 Å². The van der Waals surface area contributed by atoms with E-state index in [1.54, 1.807) is 6.07 Å². The summed E-state index contributed by atoms with van der Waals surface area (Å²) in [7, 11) is -3.84. The SMILES string of the molecule is N#Cc1cc(S(=O)(=O)N(CCO)C2CCCC2)ccc1F. The molecule has 0 radical (unpaired) electrons. The van der Waals surface area contributed by atoms with Gasteiger partial charge in [0, 0.05) is 12.6 Å². The fourth-order valence-corrected chi connectivity index (χ4v) is 4.38. The van der Waals surface area contributed by atoms with Crippen LogP contribution in [0.4, 0.5) is 4.39 Å². The highest BCUT2D eigenvalue weighted by Gasteiger charge is 2.33. The van der Waals surface area contributed by atoms with Crippen LogP contribution in [0.1, 0.15) is 31.2 Å². The highest BCUT2D eigenvalue weighted by Crippen LogP contribution is 2.29. The molecule has 0 amide bonds. The fourth-order valence-electron chi connectivity index (χ4n) is 2.68. The zero-order chi connectivity index (χ0) is 15.5. The molecule has 114 valence electrons. The number of hydrogen-bond acceptors (Lipinski definition) is 4. The summed E-state index contributed by atoms with van der Waals surface area (Å²) in [5.74, 6) is -0.744. The molecule has 2 rings (SSSR count). The van der Waals surface area contributed by atoms with E-state index in [-0.39, 0.29) is 29.7 Å². The largest absolute Gasteiger partial charge is 0.395 e. The Morgan fingerprint density at radius 1 is 1.38 bits per heavy atom. The highest BCUT2D eigenvalue weighted by molar-refractivity contribution is 7.89. The first-order chi connectivity index (χ1) is 10.0. The Balaban J connectivity index is 2.40. The first-order valence-electron chi connectivity index (χ1n) is 6.83. The third kappa shape index (κ3) is 3.23. The zero-order valence-corrected chi connectivity index (χ0v) is 12.3. The van der Waals surface area contributed by atoms with E-state index < -0.39 is 15.8 Å². The van der Waals surface area contributed by atoms with E-state index in [0.717, 1.165) is 43.9 Å². The molecule has 0 bridgehead atoms. The van der Waals surface area contributed by atoms with Gasteiger partial charge in [-0.25, -0.2) is 12.8 Å². The smallest absolute Gasteiger partial charge is 0.243 e. The topological polar surface area (TPSA) is 81.4 Å². The van der Waals surface area contributed by atoms with Crippen LogP contribution < -0.4 is 0 Å².